The summed E-state index contributed by atoms with van der Waals surface area (Å²) in [5.74, 6) is 0.849. The number of rotatable bonds is 5. The molecule has 2 aromatic carbocycles. The van der Waals surface area contributed by atoms with Crippen LogP contribution in [0.15, 0.2) is 53.5 Å². The molecule has 0 unspecified atom stereocenters. The lowest BCUT2D eigenvalue weighted by Crippen LogP contribution is -2.42. The smallest absolute Gasteiger partial charge is 0.231 e. The van der Waals surface area contributed by atoms with Crippen LogP contribution in [0.1, 0.15) is 11.1 Å². The molecule has 2 aromatic rings. The summed E-state index contributed by atoms with van der Waals surface area (Å²) in [4.78, 5) is 18.2. The molecule has 0 radical (unpaired) electrons. The molecule has 0 saturated carbocycles. The Morgan fingerprint density at radius 3 is 2.62 bits per heavy atom. The molecule has 0 aromatic heterocycles. The lowest BCUT2D eigenvalue weighted by Gasteiger charge is -2.19. The van der Waals surface area contributed by atoms with Crippen LogP contribution in [0, 0.1) is 0 Å². The highest BCUT2D eigenvalue weighted by molar-refractivity contribution is 14.0. The topological polar surface area (TPSA) is 56.7 Å². The summed E-state index contributed by atoms with van der Waals surface area (Å²) in [6.45, 7) is 1.89. The number of para-hydroxylation sites is 1. The van der Waals surface area contributed by atoms with E-state index < -0.39 is 0 Å². The van der Waals surface area contributed by atoms with Gasteiger partial charge in [-0.3, -0.25) is 9.79 Å². The van der Waals surface area contributed by atoms with Crippen LogP contribution in [0.3, 0.4) is 0 Å². The number of hydrogen-bond acceptors (Lipinski definition) is 2. The third-order valence-electron chi connectivity index (χ3n) is 4.15. The van der Waals surface area contributed by atoms with E-state index in [1.165, 1.54) is 0 Å². The van der Waals surface area contributed by atoms with Gasteiger partial charge in [-0.25, -0.2) is 0 Å². The fourth-order valence-electron chi connectivity index (χ4n) is 2.86. The number of benzene rings is 2. The van der Waals surface area contributed by atoms with E-state index in [4.69, 9.17) is 11.6 Å². The lowest BCUT2D eigenvalue weighted by atomic mass is 10.2. The average molecular weight is 485 g/mol. The summed E-state index contributed by atoms with van der Waals surface area (Å²) in [5.41, 5.74) is 3.23. The Morgan fingerprint density at radius 1 is 1.15 bits per heavy atom. The molecule has 0 bridgehead atoms. The third-order valence-corrected chi connectivity index (χ3v) is 4.40. The van der Waals surface area contributed by atoms with Gasteiger partial charge in [0.25, 0.3) is 0 Å². The number of anilines is 1. The van der Waals surface area contributed by atoms with E-state index in [0.29, 0.717) is 32.0 Å². The maximum atomic E-state index is 12.2. The van der Waals surface area contributed by atoms with E-state index in [-0.39, 0.29) is 29.9 Å². The number of fused-ring (bicyclic) bond motifs is 1. The predicted molar refractivity (Wildman–Crippen MR) is 118 cm³/mol. The van der Waals surface area contributed by atoms with Crippen molar-refractivity contribution in [2.24, 2.45) is 4.99 Å². The van der Waals surface area contributed by atoms with Gasteiger partial charge in [0.2, 0.25) is 5.91 Å². The van der Waals surface area contributed by atoms with Gasteiger partial charge in [-0.2, -0.15) is 0 Å². The standard InChI is InChI=1S/C19H21ClN4O.HI/c1-21-19(23-13-14-6-8-16(20)9-7-14)22-10-11-24-17-5-3-2-4-15(17)12-18(24)25;/h2-9H,10-13H2,1H3,(H2,21,22,23);1H. The minimum absolute atomic E-state index is 0. The number of halogens is 2. The van der Waals surface area contributed by atoms with Gasteiger partial charge in [-0.1, -0.05) is 41.9 Å². The SMILES string of the molecule is CN=C(NCCN1C(=O)Cc2ccccc21)NCc1ccc(Cl)cc1.I. The molecule has 2 N–H and O–H groups in total. The van der Waals surface area contributed by atoms with Crippen molar-refractivity contribution < 1.29 is 4.79 Å². The van der Waals surface area contributed by atoms with Gasteiger partial charge < -0.3 is 15.5 Å². The normalized spacial score (nSPS) is 13.2. The summed E-state index contributed by atoms with van der Waals surface area (Å²) in [6.07, 6.45) is 0.486. The molecule has 1 amide bonds. The fraction of sp³-hybridized carbons (Fsp3) is 0.263. The summed E-state index contributed by atoms with van der Waals surface area (Å²) in [7, 11) is 1.73. The minimum Gasteiger partial charge on any atom is -0.355 e. The van der Waals surface area contributed by atoms with E-state index in [9.17, 15) is 4.79 Å². The van der Waals surface area contributed by atoms with Crippen LogP contribution < -0.4 is 15.5 Å². The van der Waals surface area contributed by atoms with Crippen molar-refractivity contribution in [1.29, 1.82) is 0 Å². The van der Waals surface area contributed by atoms with Gasteiger partial charge in [0.15, 0.2) is 5.96 Å². The van der Waals surface area contributed by atoms with Crippen LogP contribution in [0.2, 0.25) is 5.02 Å². The number of carbonyl (C=O) groups excluding carboxylic acids is 1. The van der Waals surface area contributed by atoms with Gasteiger partial charge in [-0.15, -0.1) is 24.0 Å². The summed E-state index contributed by atoms with van der Waals surface area (Å²) >= 11 is 5.89. The molecule has 0 fully saturated rings. The van der Waals surface area contributed by atoms with Crippen LogP contribution >= 0.6 is 35.6 Å². The first-order valence-corrected chi connectivity index (χ1v) is 8.62. The Balaban J connectivity index is 0.00000243. The van der Waals surface area contributed by atoms with Crippen molar-refractivity contribution in [3.8, 4) is 0 Å². The van der Waals surface area contributed by atoms with Crippen LogP contribution in [-0.4, -0.2) is 32.0 Å². The molecule has 26 heavy (non-hydrogen) atoms. The maximum absolute atomic E-state index is 12.2. The quantitative estimate of drug-likeness (QED) is 0.389. The highest BCUT2D eigenvalue weighted by atomic mass is 127. The maximum Gasteiger partial charge on any atom is 0.231 e. The number of guanidine groups is 1. The van der Waals surface area contributed by atoms with E-state index in [0.717, 1.165) is 21.8 Å². The summed E-state index contributed by atoms with van der Waals surface area (Å²) in [5, 5.41) is 7.23. The molecule has 1 aliphatic rings. The van der Waals surface area contributed by atoms with E-state index >= 15 is 0 Å². The van der Waals surface area contributed by atoms with Gasteiger partial charge in [0.05, 0.1) is 6.42 Å². The molecule has 1 aliphatic heterocycles. The van der Waals surface area contributed by atoms with E-state index in [1.807, 2.05) is 53.4 Å². The average Bonchev–Trinajstić information content (AvgIpc) is 2.95. The first-order valence-electron chi connectivity index (χ1n) is 8.24. The van der Waals surface area contributed by atoms with Gasteiger partial charge >= 0.3 is 0 Å². The number of nitrogens with one attached hydrogen (secondary N) is 2. The van der Waals surface area contributed by atoms with Gasteiger partial charge in [0.1, 0.15) is 0 Å². The molecule has 0 atom stereocenters. The van der Waals surface area contributed by atoms with Gasteiger partial charge in [-0.05, 0) is 29.3 Å². The van der Waals surface area contributed by atoms with Crippen LogP contribution in [-0.2, 0) is 17.8 Å². The van der Waals surface area contributed by atoms with Crippen molar-refractivity contribution in [3.63, 3.8) is 0 Å². The fourth-order valence-corrected chi connectivity index (χ4v) is 2.98. The van der Waals surface area contributed by atoms with Crippen LogP contribution in [0.5, 0.6) is 0 Å². The molecule has 3 rings (SSSR count). The highest BCUT2D eigenvalue weighted by Crippen LogP contribution is 2.27. The van der Waals surface area contributed by atoms with Gasteiger partial charge in [0, 0.05) is 37.4 Å². The number of carbonyl (C=O) groups is 1. The second-order valence-electron chi connectivity index (χ2n) is 5.83. The lowest BCUT2D eigenvalue weighted by molar-refractivity contribution is -0.117. The zero-order chi connectivity index (χ0) is 17.6. The Labute approximate surface area is 175 Å². The summed E-state index contributed by atoms with van der Waals surface area (Å²) < 4.78 is 0. The zero-order valence-electron chi connectivity index (χ0n) is 14.5. The molecule has 0 spiro atoms. The monoisotopic (exact) mass is 484 g/mol. The Hall–Kier alpha value is -1.80. The van der Waals surface area contributed by atoms with Crippen LogP contribution in [0.4, 0.5) is 5.69 Å². The molecule has 1 heterocycles. The minimum atomic E-state index is 0. The van der Waals surface area contributed by atoms with Crippen molar-refractivity contribution >= 4 is 53.1 Å². The molecular weight excluding hydrogens is 463 g/mol. The second-order valence-corrected chi connectivity index (χ2v) is 6.27. The first-order chi connectivity index (χ1) is 12.2. The Kier molecular flexibility index (Phi) is 7.71. The Bertz CT molecular complexity index is 779. The van der Waals surface area contributed by atoms with Crippen molar-refractivity contribution in [2.75, 3.05) is 25.0 Å². The van der Waals surface area contributed by atoms with E-state index in [1.54, 1.807) is 7.05 Å². The number of nitrogens with zero attached hydrogens (tertiary/aromatic N) is 2. The second kappa shape index (κ2) is 9.78. The van der Waals surface area contributed by atoms with Crippen molar-refractivity contribution in [2.45, 2.75) is 13.0 Å². The highest BCUT2D eigenvalue weighted by Gasteiger charge is 2.25. The van der Waals surface area contributed by atoms with E-state index in [2.05, 4.69) is 15.6 Å². The number of hydrogen-bond donors (Lipinski definition) is 2. The number of amides is 1. The molecule has 0 aliphatic carbocycles. The summed E-state index contributed by atoms with van der Waals surface area (Å²) in [6, 6.07) is 15.6. The van der Waals surface area contributed by atoms with Crippen LogP contribution in [0.25, 0.3) is 0 Å². The first kappa shape index (κ1) is 20.5. The van der Waals surface area contributed by atoms with Crippen molar-refractivity contribution in [3.05, 3.63) is 64.7 Å². The third kappa shape index (κ3) is 5.11. The molecule has 0 saturated heterocycles. The molecule has 7 heteroatoms. The molecular formula is C19H22ClIN4O. The van der Waals surface area contributed by atoms with Crippen molar-refractivity contribution in [1.82, 2.24) is 10.6 Å². The largest absolute Gasteiger partial charge is 0.355 e. The number of aliphatic imine (C=N–C) groups is 1. The molecule has 138 valence electrons. The zero-order valence-corrected chi connectivity index (χ0v) is 17.6. The molecule has 5 nitrogen and oxygen atoms in total. The predicted octanol–water partition coefficient (Wildman–Crippen LogP) is 3.21. The Morgan fingerprint density at radius 2 is 1.88 bits per heavy atom.